The predicted molar refractivity (Wildman–Crippen MR) is 112 cm³/mol. The van der Waals surface area contributed by atoms with E-state index in [0.29, 0.717) is 6.42 Å². The van der Waals surface area contributed by atoms with E-state index in [4.69, 9.17) is 9.52 Å². The number of benzene rings is 3. The second-order valence-electron chi connectivity index (χ2n) is 7.37. The molecule has 0 aliphatic rings. The molecule has 4 heteroatoms. The molecule has 1 N–H and O–H groups in total. The summed E-state index contributed by atoms with van der Waals surface area (Å²) >= 11 is 0. The predicted octanol–water partition coefficient (Wildman–Crippen LogP) is 6.54. The number of aryl methyl sites for hydroxylation is 3. The maximum absolute atomic E-state index is 13.7. The van der Waals surface area contributed by atoms with Crippen molar-refractivity contribution in [3.63, 3.8) is 0 Å². The molecule has 1 aromatic heterocycles. The number of carboxylic acids is 1. The average Bonchev–Trinajstić information content (AvgIpc) is 3.09. The lowest BCUT2D eigenvalue weighted by Crippen LogP contribution is -1.96. The van der Waals surface area contributed by atoms with Crippen molar-refractivity contribution in [3.8, 4) is 22.5 Å². The summed E-state index contributed by atoms with van der Waals surface area (Å²) in [6.07, 6.45) is 0.596. The number of fused-ring (bicyclic) bond motifs is 1. The van der Waals surface area contributed by atoms with Crippen LogP contribution < -0.4 is 0 Å². The number of hydrogen-bond donors (Lipinski definition) is 1. The third-order valence-electron chi connectivity index (χ3n) is 5.14. The fraction of sp³-hybridized carbons (Fsp3) is 0.160. The zero-order valence-electron chi connectivity index (χ0n) is 16.3. The Morgan fingerprint density at radius 2 is 1.69 bits per heavy atom. The van der Waals surface area contributed by atoms with Crippen LogP contribution in [0, 0.1) is 19.7 Å². The second-order valence-corrected chi connectivity index (χ2v) is 7.37. The molecule has 0 aliphatic carbocycles. The lowest BCUT2D eigenvalue weighted by atomic mass is 9.94. The Bertz CT molecular complexity index is 1200. The third kappa shape index (κ3) is 3.92. The highest BCUT2D eigenvalue weighted by molar-refractivity contribution is 5.85. The van der Waals surface area contributed by atoms with Crippen molar-refractivity contribution >= 4 is 16.9 Å². The molecule has 0 saturated carbocycles. The van der Waals surface area contributed by atoms with E-state index in [1.807, 2.05) is 56.3 Å². The van der Waals surface area contributed by atoms with Gasteiger partial charge in [0.15, 0.2) is 0 Å². The molecule has 0 amide bonds. The molecular weight excluding hydrogens is 367 g/mol. The molecule has 0 bridgehead atoms. The van der Waals surface area contributed by atoms with Crippen LogP contribution in [0.4, 0.5) is 4.39 Å². The summed E-state index contributed by atoms with van der Waals surface area (Å²) in [6.45, 7) is 3.83. The molecule has 1 heterocycles. The Hall–Kier alpha value is -3.40. The number of furan rings is 1. The molecule has 3 nitrogen and oxygen atoms in total. The first-order valence-electron chi connectivity index (χ1n) is 9.52. The van der Waals surface area contributed by atoms with Crippen LogP contribution >= 0.6 is 0 Å². The number of carboxylic acid groups (broad SMARTS) is 1. The van der Waals surface area contributed by atoms with Gasteiger partial charge >= 0.3 is 5.97 Å². The summed E-state index contributed by atoms with van der Waals surface area (Å²) in [4.78, 5) is 10.8. The lowest BCUT2D eigenvalue weighted by molar-refractivity contribution is -0.136. The van der Waals surface area contributed by atoms with Gasteiger partial charge in [-0.1, -0.05) is 24.3 Å². The molecule has 3 aromatic carbocycles. The van der Waals surface area contributed by atoms with E-state index in [1.165, 1.54) is 0 Å². The molecule has 0 atom stereocenters. The van der Waals surface area contributed by atoms with Gasteiger partial charge in [-0.15, -0.1) is 0 Å². The molecule has 4 aromatic rings. The van der Waals surface area contributed by atoms with Crippen LogP contribution in [0.25, 0.3) is 33.4 Å². The number of rotatable bonds is 5. The van der Waals surface area contributed by atoms with E-state index in [9.17, 15) is 9.18 Å². The van der Waals surface area contributed by atoms with Crippen LogP contribution in [0.15, 0.2) is 65.1 Å². The number of aliphatic carboxylic acids is 1. The maximum atomic E-state index is 13.7. The molecule has 0 aliphatic heterocycles. The molecule has 0 spiro atoms. The van der Waals surface area contributed by atoms with Crippen molar-refractivity contribution in [2.24, 2.45) is 0 Å². The van der Waals surface area contributed by atoms with E-state index < -0.39 is 5.97 Å². The monoisotopic (exact) mass is 388 g/mol. The van der Waals surface area contributed by atoms with Gasteiger partial charge in [0.05, 0.1) is 0 Å². The number of hydrogen-bond acceptors (Lipinski definition) is 2. The number of halogens is 1. The molecule has 0 fully saturated rings. The zero-order valence-corrected chi connectivity index (χ0v) is 16.3. The smallest absolute Gasteiger partial charge is 0.303 e. The van der Waals surface area contributed by atoms with Gasteiger partial charge in [-0.3, -0.25) is 4.79 Å². The zero-order chi connectivity index (χ0) is 20.5. The van der Waals surface area contributed by atoms with Crippen molar-refractivity contribution in [3.05, 3.63) is 83.2 Å². The second kappa shape index (κ2) is 7.55. The molecule has 29 heavy (non-hydrogen) atoms. The lowest BCUT2D eigenvalue weighted by Gasteiger charge is -2.11. The van der Waals surface area contributed by atoms with E-state index in [2.05, 4.69) is 6.07 Å². The van der Waals surface area contributed by atoms with Crippen LogP contribution in [0.2, 0.25) is 0 Å². The van der Waals surface area contributed by atoms with Crippen LogP contribution in [-0.4, -0.2) is 11.1 Å². The Labute approximate surface area is 168 Å². The fourth-order valence-corrected chi connectivity index (χ4v) is 3.84. The third-order valence-corrected chi connectivity index (χ3v) is 5.14. The van der Waals surface area contributed by atoms with Crippen molar-refractivity contribution < 1.29 is 18.7 Å². The topological polar surface area (TPSA) is 50.4 Å². The molecule has 0 unspecified atom stereocenters. The largest absolute Gasteiger partial charge is 0.481 e. The minimum atomic E-state index is -0.804. The van der Waals surface area contributed by atoms with Crippen LogP contribution in [0.3, 0.4) is 0 Å². The fourth-order valence-electron chi connectivity index (χ4n) is 3.84. The Morgan fingerprint density at radius 3 is 2.41 bits per heavy atom. The molecule has 0 saturated heterocycles. The van der Waals surface area contributed by atoms with Gasteiger partial charge in [-0.05, 0) is 84.5 Å². The van der Waals surface area contributed by atoms with Gasteiger partial charge < -0.3 is 9.52 Å². The molecular formula is C25H21FO3. The van der Waals surface area contributed by atoms with E-state index in [0.717, 1.165) is 50.1 Å². The molecule has 0 radical (unpaired) electrons. The Kier molecular flexibility index (Phi) is 4.93. The summed E-state index contributed by atoms with van der Waals surface area (Å²) in [5.41, 5.74) is 6.51. The summed E-state index contributed by atoms with van der Waals surface area (Å²) in [5.74, 6) is -0.285. The highest BCUT2D eigenvalue weighted by atomic mass is 19.1. The quantitative estimate of drug-likeness (QED) is 0.422. The minimum Gasteiger partial charge on any atom is -0.481 e. The first-order chi connectivity index (χ1) is 13.9. The maximum Gasteiger partial charge on any atom is 0.303 e. The van der Waals surface area contributed by atoms with Gasteiger partial charge in [0, 0.05) is 17.4 Å². The molecule has 4 rings (SSSR count). The summed E-state index contributed by atoms with van der Waals surface area (Å²) in [7, 11) is 0. The highest BCUT2D eigenvalue weighted by Crippen LogP contribution is 2.34. The summed E-state index contributed by atoms with van der Waals surface area (Å²) in [5, 5.41) is 9.82. The van der Waals surface area contributed by atoms with E-state index >= 15 is 0 Å². The van der Waals surface area contributed by atoms with Gasteiger partial charge in [0.25, 0.3) is 0 Å². The Morgan fingerprint density at radius 1 is 0.966 bits per heavy atom. The van der Waals surface area contributed by atoms with Crippen molar-refractivity contribution in [1.82, 2.24) is 0 Å². The van der Waals surface area contributed by atoms with Crippen molar-refractivity contribution in [2.75, 3.05) is 0 Å². The van der Waals surface area contributed by atoms with Crippen molar-refractivity contribution in [2.45, 2.75) is 26.7 Å². The van der Waals surface area contributed by atoms with Gasteiger partial charge in [-0.2, -0.15) is 0 Å². The van der Waals surface area contributed by atoms with Gasteiger partial charge in [0.1, 0.15) is 17.2 Å². The van der Waals surface area contributed by atoms with Crippen LogP contribution in [0.1, 0.15) is 23.1 Å². The van der Waals surface area contributed by atoms with Gasteiger partial charge in [0.2, 0.25) is 0 Å². The number of carbonyl (C=O) groups is 1. The SMILES string of the molecule is Cc1cc(F)cc(C)c1-c1cccc(-c2cc3cc(CCC(=O)O)ccc3o2)c1. The highest BCUT2D eigenvalue weighted by Gasteiger charge is 2.12. The van der Waals surface area contributed by atoms with Crippen molar-refractivity contribution in [1.29, 1.82) is 0 Å². The van der Waals surface area contributed by atoms with Crippen LogP contribution in [0.5, 0.6) is 0 Å². The first kappa shape index (κ1) is 18.9. The Balaban J connectivity index is 1.71. The van der Waals surface area contributed by atoms with E-state index in [-0.39, 0.29) is 12.2 Å². The van der Waals surface area contributed by atoms with Gasteiger partial charge in [-0.25, -0.2) is 4.39 Å². The molecule has 146 valence electrons. The average molecular weight is 388 g/mol. The van der Waals surface area contributed by atoms with E-state index in [1.54, 1.807) is 12.1 Å². The standard InChI is InChI=1S/C25H21FO3/c1-15-10-21(26)11-16(2)25(15)19-5-3-4-18(13-19)23-14-20-12-17(7-9-24(27)28)6-8-22(20)29-23/h3-6,8,10-14H,7,9H2,1-2H3,(H,27,28). The summed E-state index contributed by atoms with van der Waals surface area (Å²) < 4.78 is 19.7. The van der Waals surface area contributed by atoms with Crippen LogP contribution in [-0.2, 0) is 11.2 Å². The first-order valence-corrected chi connectivity index (χ1v) is 9.52. The summed E-state index contributed by atoms with van der Waals surface area (Å²) in [6, 6.07) is 18.9. The normalized spacial score (nSPS) is 11.1. The minimum absolute atomic E-state index is 0.106.